The summed E-state index contributed by atoms with van der Waals surface area (Å²) in [5.41, 5.74) is 0.733. The van der Waals surface area contributed by atoms with Gasteiger partial charge < -0.3 is 4.90 Å². The molecule has 4 heteroatoms. The van der Waals surface area contributed by atoms with Crippen LogP contribution in [0.1, 0.15) is 31.9 Å². The fraction of sp³-hybridized carbons (Fsp3) is 0.667. The summed E-state index contributed by atoms with van der Waals surface area (Å²) in [6.07, 6.45) is 3.66. The van der Waals surface area contributed by atoms with E-state index in [0.29, 0.717) is 0 Å². The summed E-state index contributed by atoms with van der Waals surface area (Å²) >= 11 is 0. The minimum Gasteiger partial charge on any atom is -0.342 e. The van der Waals surface area contributed by atoms with E-state index < -0.39 is 0 Å². The van der Waals surface area contributed by atoms with Crippen LogP contribution in [0.4, 0.5) is 5.95 Å². The summed E-state index contributed by atoms with van der Waals surface area (Å²) in [7, 11) is 0. The Morgan fingerprint density at radius 1 is 1.50 bits per heavy atom. The molecule has 1 aliphatic rings. The highest BCUT2D eigenvalue weighted by atomic mass is 16.1. The lowest BCUT2D eigenvalue weighted by Crippen LogP contribution is -2.35. The van der Waals surface area contributed by atoms with E-state index in [1.807, 2.05) is 6.92 Å². The maximum atomic E-state index is 11.4. The average Bonchev–Trinajstić information content (AvgIpc) is 2.28. The minimum atomic E-state index is -0.0554. The first-order valence-corrected chi connectivity index (χ1v) is 6.02. The topological polar surface area (TPSA) is 49.0 Å². The first kappa shape index (κ1) is 11.2. The first-order valence-electron chi connectivity index (χ1n) is 6.02. The van der Waals surface area contributed by atoms with Crippen LogP contribution in [0.2, 0.25) is 0 Å². The smallest absolute Gasteiger partial charge is 0.252 e. The molecule has 16 heavy (non-hydrogen) atoms. The highest BCUT2D eigenvalue weighted by Gasteiger charge is 2.19. The lowest BCUT2D eigenvalue weighted by Gasteiger charge is -2.31. The third-order valence-electron chi connectivity index (χ3n) is 3.35. The Hall–Kier alpha value is -1.32. The molecule has 88 valence electrons. The molecule has 0 amide bonds. The summed E-state index contributed by atoms with van der Waals surface area (Å²) in [5, 5.41) is 0. The van der Waals surface area contributed by atoms with E-state index in [0.717, 1.165) is 30.6 Å². The molecular weight excluding hydrogens is 202 g/mol. The van der Waals surface area contributed by atoms with E-state index >= 15 is 0 Å². The fourth-order valence-electron chi connectivity index (χ4n) is 2.27. The van der Waals surface area contributed by atoms with Crippen molar-refractivity contribution in [2.75, 3.05) is 18.0 Å². The lowest BCUT2D eigenvalue weighted by atomic mass is 9.95. The maximum Gasteiger partial charge on any atom is 0.252 e. The summed E-state index contributed by atoms with van der Waals surface area (Å²) in [6, 6.07) is 1.53. The Morgan fingerprint density at radius 2 is 2.19 bits per heavy atom. The fourth-order valence-corrected chi connectivity index (χ4v) is 2.27. The van der Waals surface area contributed by atoms with Crippen molar-refractivity contribution in [1.82, 2.24) is 9.97 Å². The van der Waals surface area contributed by atoms with Crippen molar-refractivity contribution in [2.45, 2.75) is 33.1 Å². The molecule has 1 aromatic rings. The van der Waals surface area contributed by atoms with Crippen LogP contribution in [0.5, 0.6) is 0 Å². The Balaban J connectivity index is 2.11. The van der Waals surface area contributed by atoms with Gasteiger partial charge in [-0.15, -0.1) is 0 Å². The van der Waals surface area contributed by atoms with Gasteiger partial charge in [0, 0.05) is 24.8 Å². The summed E-state index contributed by atoms with van der Waals surface area (Å²) < 4.78 is 0. The Kier molecular flexibility index (Phi) is 3.27. The van der Waals surface area contributed by atoms with Gasteiger partial charge in [-0.1, -0.05) is 13.3 Å². The number of rotatable bonds is 2. The first-order chi connectivity index (χ1) is 7.69. The van der Waals surface area contributed by atoms with Gasteiger partial charge >= 0.3 is 0 Å². The normalized spacial score (nSPS) is 17.8. The zero-order valence-electron chi connectivity index (χ0n) is 9.99. The molecule has 2 rings (SSSR count). The molecule has 0 unspecified atom stereocenters. The van der Waals surface area contributed by atoms with Gasteiger partial charge in [-0.05, 0) is 25.7 Å². The second-order valence-electron chi connectivity index (χ2n) is 4.55. The Morgan fingerprint density at radius 3 is 2.75 bits per heavy atom. The number of nitrogens with one attached hydrogen (secondary N) is 1. The molecule has 1 aromatic heterocycles. The summed E-state index contributed by atoms with van der Waals surface area (Å²) in [6.45, 7) is 6.11. The van der Waals surface area contributed by atoms with Crippen LogP contribution in [0.15, 0.2) is 10.9 Å². The number of anilines is 1. The molecule has 1 aliphatic heterocycles. The summed E-state index contributed by atoms with van der Waals surface area (Å²) in [5.74, 6) is 1.58. The van der Waals surface area contributed by atoms with E-state index in [2.05, 4.69) is 21.8 Å². The van der Waals surface area contributed by atoms with Crippen LogP contribution in [-0.4, -0.2) is 23.1 Å². The van der Waals surface area contributed by atoms with Crippen molar-refractivity contribution in [3.63, 3.8) is 0 Å². The van der Waals surface area contributed by atoms with E-state index in [1.165, 1.54) is 25.3 Å². The van der Waals surface area contributed by atoms with Gasteiger partial charge in [-0.25, -0.2) is 4.98 Å². The number of nitrogens with zero attached hydrogens (tertiary/aromatic N) is 2. The standard InChI is InChI=1S/C12H19N3O/c1-3-10-4-6-15(7-5-10)12-13-9(2)8-11(16)14-12/h8,10H,3-7H2,1-2H3,(H,13,14,16). The molecule has 0 aliphatic carbocycles. The van der Waals surface area contributed by atoms with Crippen LogP contribution in [0.3, 0.4) is 0 Å². The van der Waals surface area contributed by atoms with Crippen molar-refractivity contribution < 1.29 is 0 Å². The molecule has 4 nitrogen and oxygen atoms in total. The Bertz CT molecular complexity index is 405. The molecule has 0 radical (unpaired) electrons. The van der Waals surface area contributed by atoms with Gasteiger partial charge in [0.25, 0.3) is 5.56 Å². The van der Waals surface area contributed by atoms with E-state index in [4.69, 9.17) is 0 Å². The van der Waals surface area contributed by atoms with Crippen LogP contribution < -0.4 is 10.5 Å². The minimum absolute atomic E-state index is 0.0554. The molecule has 0 spiro atoms. The SMILES string of the molecule is CCC1CCN(c2nc(C)cc(=O)[nH]2)CC1. The highest BCUT2D eigenvalue weighted by Crippen LogP contribution is 2.22. The predicted octanol–water partition coefficient (Wildman–Crippen LogP) is 1.70. The number of H-pyrrole nitrogens is 1. The Labute approximate surface area is 95.7 Å². The molecule has 1 N–H and O–H groups in total. The molecule has 1 saturated heterocycles. The van der Waals surface area contributed by atoms with Crippen molar-refractivity contribution in [2.24, 2.45) is 5.92 Å². The average molecular weight is 221 g/mol. The monoisotopic (exact) mass is 221 g/mol. The predicted molar refractivity (Wildman–Crippen MR) is 64.8 cm³/mol. The second kappa shape index (κ2) is 4.68. The van der Waals surface area contributed by atoms with E-state index in [1.54, 1.807) is 0 Å². The number of aromatic nitrogens is 2. The zero-order chi connectivity index (χ0) is 11.5. The number of aromatic amines is 1. The maximum absolute atomic E-state index is 11.4. The van der Waals surface area contributed by atoms with Crippen LogP contribution in [0, 0.1) is 12.8 Å². The molecule has 2 heterocycles. The number of hydrogen-bond acceptors (Lipinski definition) is 3. The third-order valence-corrected chi connectivity index (χ3v) is 3.35. The number of aryl methyl sites for hydroxylation is 1. The van der Waals surface area contributed by atoms with E-state index in [-0.39, 0.29) is 5.56 Å². The molecular formula is C12H19N3O. The quantitative estimate of drug-likeness (QED) is 0.827. The second-order valence-corrected chi connectivity index (χ2v) is 4.55. The third kappa shape index (κ3) is 2.43. The number of piperidine rings is 1. The lowest BCUT2D eigenvalue weighted by molar-refractivity contribution is 0.392. The van der Waals surface area contributed by atoms with Gasteiger partial charge in [0.05, 0.1) is 0 Å². The van der Waals surface area contributed by atoms with Gasteiger partial charge in [-0.2, -0.15) is 0 Å². The molecule has 0 bridgehead atoms. The largest absolute Gasteiger partial charge is 0.342 e. The van der Waals surface area contributed by atoms with Crippen molar-refractivity contribution in [3.05, 3.63) is 22.1 Å². The van der Waals surface area contributed by atoms with Gasteiger partial charge in [0.2, 0.25) is 5.95 Å². The zero-order valence-corrected chi connectivity index (χ0v) is 9.99. The van der Waals surface area contributed by atoms with Gasteiger partial charge in [0.15, 0.2) is 0 Å². The molecule has 0 aromatic carbocycles. The highest BCUT2D eigenvalue weighted by molar-refractivity contribution is 5.30. The van der Waals surface area contributed by atoms with Crippen molar-refractivity contribution in [1.29, 1.82) is 0 Å². The van der Waals surface area contributed by atoms with E-state index in [9.17, 15) is 4.79 Å². The molecule has 1 fully saturated rings. The summed E-state index contributed by atoms with van der Waals surface area (Å²) in [4.78, 5) is 20.7. The van der Waals surface area contributed by atoms with Crippen LogP contribution >= 0.6 is 0 Å². The van der Waals surface area contributed by atoms with Crippen LogP contribution in [-0.2, 0) is 0 Å². The van der Waals surface area contributed by atoms with Gasteiger partial charge in [-0.3, -0.25) is 9.78 Å². The van der Waals surface area contributed by atoms with Crippen molar-refractivity contribution >= 4 is 5.95 Å². The van der Waals surface area contributed by atoms with Gasteiger partial charge in [0.1, 0.15) is 0 Å². The molecule has 0 atom stereocenters. The number of hydrogen-bond donors (Lipinski definition) is 1. The molecule has 0 saturated carbocycles. The van der Waals surface area contributed by atoms with Crippen molar-refractivity contribution in [3.8, 4) is 0 Å². The van der Waals surface area contributed by atoms with Crippen LogP contribution in [0.25, 0.3) is 0 Å².